The van der Waals surface area contributed by atoms with Gasteiger partial charge < -0.3 is 9.47 Å². The minimum atomic E-state index is -0.322. The molecule has 0 aliphatic heterocycles. The third-order valence-corrected chi connectivity index (χ3v) is 2.77. The molecule has 0 aliphatic carbocycles. The van der Waals surface area contributed by atoms with Crippen molar-refractivity contribution in [2.45, 2.75) is 6.54 Å². The van der Waals surface area contributed by atoms with Crippen molar-refractivity contribution in [3.8, 4) is 28.8 Å². The lowest BCUT2D eigenvalue weighted by Crippen LogP contribution is -2.21. The molecule has 0 unspecified atom stereocenters. The predicted octanol–water partition coefficient (Wildman–Crippen LogP) is 1.45. The van der Waals surface area contributed by atoms with Gasteiger partial charge in [-0.3, -0.25) is 4.79 Å². The first kappa shape index (κ1) is 13.6. The molecule has 0 saturated carbocycles. The molecule has 1 heterocycles. The van der Waals surface area contributed by atoms with E-state index < -0.39 is 0 Å². The molecule has 2 rings (SSSR count). The molecule has 1 aromatic heterocycles. The topological polar surface area (TPSA) is 77.1 Å². The van der Waals surface area contributed by atoms with Crippen LogP contribution in [-0.4, -0.2) is 24.0 Å². The second-order valence-corrected chi connectivity index (χ2v) is 3.94. The van der Waals surface area contributed by atoms with E-state index in [0.717, 1.165) is 4.68 Å². The van der Waals surface area contributed by atoms with E-state index in [1.54, 1.807) is 38.5 Å². The van der Waals surface area contributed by atoms with Crippen molar-refractivity contribution in [3.63, 3.8) is 0 Å². The molecular weight excluding hydrogens is 258 g/mol. The summed E-state index contributed by atoms with van der Waals surface area (Å²) in [4.78, 5) is 11.6. The quantitative estimate of drug-likeness (QED) is 0.841. The summed E-state index contributed by atoms with van der Waals surface area (Å²) in [5.74, 6) is 1.26. The molecule has 2 aromatic rings. The number of ether oxygens (including phenoxy) is 2. The molecule has 6 heteroatoms. The third kappa shape index (κ3) is 2.62. The van der Waals surface area contributed by atoms with Crippen molar-refractivity contribution in [3.05, 3.63) is 40.7 Å². The molecule has 1 aromatic carbocycles. The van der Waals surface area contributed by atoms with E-state index in [2.05, 4.69) is 5.10 Å². The van der Waals surface area contributed by atoms with Crippen molar-refractivity contribution < 1.29 is 9.47 Å². The lowest BCUT2D eigenvalue weighted by atomic mass is 10.1. The predicted molar refractivity (Wildman–Crippen MR) is 72.7 cm³/mol. The molecule has 20 heavy (non-hydrogen) atoms. The van der Waals surface area contributed by atoms with E-state index in [1.165, 1.54) is 6.07 Å². The van der Waals surface area contributed by atoms with Gasteiger partial charge in [-0.2, -0.15) is 10.4 Å². The van der Waals surface area contributed by atoms with E-state index in [4.69, 9.17) is 14.7 Å². The van der Waals surface area contributed by atoms with Gasteiger partial charge in [0.2, 0.25) is 0 Å². The van der Waals surface area contributed by atoms with Crippen LogP contribution in [0.5, 0.6) is 11.5 Å². The van der Waals surface area contributed by atoms with Gasteiger partial charge in [-0.05, 0) is 24.3 Å². The minimum Gasteiger partial charge on any atom is -0.497 e. The van der Waals surface area contributed by atoms with Crippen LogP contribution in [0.3, 0.4) is 0 Å². The fourth-order valence-corrected chi connectivity index (χ4v) is 1.79. The van der Waals surface area contributed by atoms with Crippen LogP contribution in [0.2, 0.25) is 0 Å². The van der Waals surface area contributed by atoms with Gasteiger partial charge in [-0.15, -0.1) is 0 Å². The van der Waals surface area contributed by atoms with Gasteiger partial charge in [0.05, 0.1) is 26.0 Å². The Morgan fingerprint density at radius 2 is 2.05 bits per heavy atom. The normalized spacial score (nSPS) is 9.85. The fourth-order valence-electron chi connectivity index (χ4n) is 1.79. The molecule has 0 radical (unpaired) electrons. The fraction of sp³-hybridized carbons (Fsp3) is 0.214. The highest BCUT2D eigenvalue weighted by molar-refractivity contribution is 5.68. The zero-order chi connectivity index (χ0) is 14.5. The summed E-state index contributed by atoms with van der Waals surface area (Å²) in [5.41, 5.74) is 0.909. The number of methoxy groups -OCH3 is 2. The molecule has 102 valence electrons. The second kappa shape index (κ2) is 5.89. The first-order chi connectivity index (χ1) is 9.69. The van der Waals surface area contributed by atoms with Gasteiger partial charge in [0.1, 0.15) is 18.0 Å². The Bertz CT molecular complexity index is 716. The zero-order valence-corrected chi connectivity index (χ0v) is 11.2. The molecule has 0 spiro atoms. The zero-order valence-electron chi connectivity index (χ0n) is 11.2. The smallest absolute Gasteiger partial charge is 0.267 e. The van der Waals surface area contributed by atoms with Crippen molar-refractivity contribution >= 4 is 0 Å². The van der Waals surface area contributed by atoms with Crippen molar-refractivity contribution in [1.82, 2.24) is 9.78 Å². The van der Waals surface area contributed by atoms with Crippen LogP contribution in [0.25, 0.3) is 11.3 Å². The Labute approximate surface area is 115 Å². The van der Waals surface area contributed by atoms with E-state index in [1.807, 2.05) is 6.07 Å². The number of hydrogen-bond acceptors (Lipinski definition) is 5. The van der Waals surface area contributed by atoms with Crippen LogP contribution < -0.4 is 15.0 Å². The van der Waals surface area contributed by atoms with Crippen LogP contribution in [0.4, 0.5) is 0 Å². The summed E-state index contributed by atoms with van der Waals surface area (Å²) in [7, 11) is 3.12. The van der Waals surface area contributed by atoms with Crippen molar-refractivity contribution in [2.75, 3.05) is 14.2 Å². The van der Waals surface area contributed by atoms with Gasteiger partial charge in [-0.1, -0.05) is 0 Å². The number of benzene rings is 1. The first-order valence-electron chi connectivity index (χ1n) is 5.87. The van der Waals surface area contributed by atoms with Gasteiger partial charge in [0.25, 0.3) is 5.56 Å². The molecule has 0 bridgehead atoms. The maximum absolute atomic E-state index is 11.6. The highest BCUT2D eigenvalue weighted by atomic mass is 16.5. The van der Waals surface area contributed by atoms with Gasteiger partial charge in [-0.25, -0.2) is 4.68 Å². The SMILES string of the molecule is COc1ccc(OC)c(-c2ccc(=O)n(CC#N)n2)c1. The highest BCUT2D eigenvalue weighted by Gasteiger charge is 2.10. The molecule has 0 amide bonds. The Morgan fingerprint density at radius 1 is 1.25 bits per heavy atom. The Morgan fingerprint density at radius 3 is 2.70 bits per heavy atom. The summed E-state index contributed by atoms with van der Waals surface area (Å²) in [6.45, 7) is -0.0983. The molecule has 0 N–H and O–H groups in total. The van der Waals surface area contributed by atoms with Crippen LogP contribution in [0.15, 0.2) is 35.1 Å². The maximum Gasteiger partial charge on any atom is 0.267 e. The molecule has 0 atom stereocenters. The first-order valence-corrected chi connectivity index (χ1v) is 5.87. The summed E-state index contributed by atoms with van der Waals surface area (Å²) >= 11 is 0. The standard InChI is InChI=1S/C14H13N3O3/c1-19-10-3-5-13(20-2)11(9-10)12-4-6-14(18)17(16-12)8-7-15/h3-6,9H,8H2,1-2H3. The van der Waals surface area contributed by atoms with E-state index >= 15 is 0 Å². The molecule has 0 fully saturated rings. The van der Waals surface area contributed by atoms with Gasteiger partial charge in [0, 0.05) is 11.6 Å². The van der Waals surface area contributed by atoms with Crippen molar-refractivity contribution in [1.29, 1.82) is 5.26 Å². The largest absolute Gasteiger partial charge is 0.497 e. The molecular formula is C14H13N3O3. The molecule has 6 nitrogen and oxygen atoms in total. The number of nitrogens with zero attached hydrogens (tertiary/aromatic N) is 3. The van der Waals surface area contributed by atoms with E-state index in [9.17, 15) is 4.79 Å². The average molecular weight is 271 g/mol. The van der Waals surface area contributed by atoms with Crippen LogP contribution >= 0.6 is 0 Å². The Hall–Kier alpha value is -2.81. The number of hydrogen-bond donors (Lipinski definition) is 0. The third-order valence-electron chi connectivity index (χ3n) is 2.77. The summed E-state index contributed by atoms with van der Waals surface area (Å²) < 4.78 is 11.6. The van der Waals surface area contributed by atoms with E-state index in [-0.39, 0.29) is 12.1 Å². The highest BCUT2D eigenvalue weighted by Crippen LogP contribution is 2.31. The number of nitriles is 1. The van der Waals surface area contributed by atoms with Crippen LogP contribution in [0.1, 0.15) is 0 Å². The second-order valence-electron chi connectivity index (χ2n) is 3.94. The maximum atomic E-state index is 11.6. The molecule has 0 aliphatic rings. The Balaban J connectivity index is 2.58. The lowest BCUT2D eigenvalue weighted by Gasteiger charge is -2.10. The lowest BCUT2D eigenvalue weighted by molar-refractivity contribution is 0.404. The van der Waals surface area contributed by atoms with E-state index in [0.29, 0.717) is 22.8 Å². The van der Waals surface area contributed by atoms with Gasteiger partial charge >= 0.3 is 0 Å². The van der Waals surface area contributed by atoms with Crippen LogP contribution in [-0.2, 0) is 6.54 Å². The van der Waals surface area contributed by atoms with Crippen molar-refractivity contribution in [2.24, 2.45) is 0 Å². The average Bonchev–Trinajstić information content (AvgIpc) is 2.49. The van der Waals surface area contributed by atoms with Gasteiger partial charge in [0.15, 0.2) is 0 Å². The summed E-state index contributed by atoms with van der Waals surface area (Å²) in [6, 6.07) is 10.2. The summed E-state index contributed by atoms with van der Waals surface area (Å²) in [5, 5.41) is 12.9. The Kier molecular flexibility index (Phi) is 4.01. The monoisotopic (exact) mass is 271 g/mol. The number of aromatic nitrogens is 2. The number of rotatable bonds is 4. The minimum absolute atomic E-state index is 0.0983. The molecule has 0 saturated heterocycles. The summed E-state index contributed by atoms with van der Waals surface area (Å²) in [6.07, 6.45) is 0. The van der Waals surface area contributed by atoms with Crippen LogP contribution in [0, 0.1) is 11.3 Å².